The zero-order chi connectivity index (χ0) is 18.1. The lowest BCUT2D eigenvalue weighted by molar-refractivity contribution is -0.118. The minimum absolute atomic E-state index is 0.0267. The lowest BCUT2D eigenvalue weighted by Gasteiger charge is -2.17. The fourth-order valence-electron chi connectivity index (χ4n) is 3.74. The van der Waals surface area contributed by atoms with Crippen LogP contribution in [0.15, 0.2) is 48.8 Å². The number of amides is 3. The minimum Gasteiger partial charge on any atom is -0.324 e. The zero-order valence-corrected chi connectivity index (χ0v) is 14.7. The van der Waals surface area contributed by atoms with Crippen LogP contribution in [0.2, 0.25) is 0 Å². The first-order chi connectivity index (χ1) is 12.6. The molecule has 2 fully saturated rings. The van der Waals surface area contributed by atoms with Crippen LogP contribution in [-0.4, -0.2) is 34.9 Å². The number of nitrogens with zero attached hydrogens (tertiary/aromatic N) is 2. The molecule has 6 nitrogen and oxygen atoms in total. The van der Waals surface area contributed by atoms with E-state index in [1.54, 1.807) is 18.5 Å². The van der Waals surface area contributed by atoms with Crippen LogP contribution in [0.1, 0.15) is 18.4 Å². The van der Waals surface area contributed by atoms with Crippen LogP contribution < -0.4 is 10.6 Å². The van der Waals surface area contributed by atoms with Gasteiger partial charge < -0.3 is 15.5 Å². The highest BCUT2D eigenvalue weighted by Crippen LogP contribution is 2.58. The molecule has 134 valence electrons. The van der Waals surface area contributed by atoms with Gasteiger partial charge in [-0.3, -0.25) is 9.78 Å². The molecule has 1 aliphatic carbocycles. The molecule has 6 heteroatoms. The van der Waals surface area contributed by atoms with E-state index in [2.05, 4.69) is 15.6 Å². The maximum Gasteiger partial charge on any atom is 0.321 e. The van der Waals surface area contributed by atoms with Crippen molar-refractivity contribution in [3.8, 4) is 0 Å². The van der Waals surface area contributed by atoms with E-state index in [4.69, 9.17) is 0 Å². The molecule has 3 amide bonds. The molecule has 1 aromatic carbocycles. The first-order valence-corrected chi connectivity index (χ1v) is 8.89. The van der Waals surface area contributed by atoms with E-state index in [9.17, 15) is 9.59 Å². The number of benzene rings is 1. The Morgan fingerprint density at radius 3 is 2.69 bits per heavy atom. The van der Waals surface area contributed by atoms with Crippen molar-refractivity contribution in [2.75, 3.05) is 23.7 Å². The molecule has 1 spiro atoms. The fourth-order valence-corrected chi connectivity index (χ4v) is 3.74. The molecule has 2 N–H and O–H groups in total. The van der Waals surface area contributed by atoms with Crippen LogP contribution in [0.5, 0.6) is 0 Å². The number of aryl methyl sites for hydroxylation is 1. The summed E-state index contributed by atoms with van der Waals surface area (Å²) in [6.45, 7) is 3.34. The van der Waals surface area contributed by atoms with Gasteiger partial charge in [-0.15, -0.1) is 0 Å². The second kappa shape index (κ2) is 6.44. The van der Waals surface area contributed by atoms with E-state index in [-0.39, 0.29) is 23.3 Å². The molecule has 0 unspecified atom stereocenters. The van der Waals surface area contributed by atoms with Gasteiger partial charge in [0.25, 0.3) is 0 Å². The zero-order valence-electron chi connectivity index (χ0n) is 14.7. The number of likely N-dealkylation sites (tertiary alicyclic amines) is 1. The second-order valence-corrected chi connectivity index (χ2v) is 7.32. The van der Waals surface area contributed by atoms with Crippen molar-refractivity contribution in [2.24, 2.45) is 11.3 Å². The van der Waals surface area contributed by atoms with Crippen LogP contribution in [0.25, 0.3) is 0 Å². The molecule has 1 saturated carbocycles. The third-order valence-electron chi connectivity index (χ3n) is 5.41. The number of anilines is 2. The van der Waals surface area contributed by atoms with Crippen molar-refractivity contribution >= 4 is 23.3 Å². The summed E-state index contributed by atoms with van der Waals surface area (Å²) in [5, 5.41) is 5.86. The first kappa shape index (κ1) is 16.6. The summed E-state index contributed by atoms with van der Waals surface area (Å²) < 4.78 is 0. The Hall–Kier alpha value is -2.89. The van der Waals surface area contributed by atoms with Crippen LogP contribution >= 0.6 is 0 Å². The van der Waals surface area contributed by atoms with Crippen molar-refractivity contribution < 1.29 is 9.59 Å². The Bertz CT molecular complexity index is 821. The SMILES string of the molecule is Cc1ccc(NC(=O)N2CC[C@]3(C[C@H]3C(=O)Nc3cccnc3)C2)cc1. The monoisotopic (exact) mass is 350 g/mol. The van der Waals surface area contributed by atoms with Gasteiger partial charge in [0.1, 0.15) is 0 Å². The molecule has 1 saturated heterocycles. The molecule has 4 rings (SSSR count). The van der Waals surface area contributed by atoms with Gasteiger partial charge in [-0.05, 0) is 44.0 Å². The summed E-state index contributed by atoms with van der Waals surface area (Å²) in [7, 11) is 0. The van der Waals surface area contributed by atoms with Crippen molar-refractivity contribution in [3.63, 3.8) is 0 Å². The predicted octanol–water partition coefficient (Wildman–Crippen LogP) is 3.27. The summed E-state index contributed by atoms with van der Waals surface area (Å²) >= 11 is 0. The Morgan fingerprint density at radius 1 is 1.15 bits per heavy atom. The summed E-state index contributed by atoms with van der Waals surface area (Å²) in [5.74, 6) is -0.00123. The maximum absolute atomic E-state index is 12.5. The van der Waals surface area contributed by atoms with Crippen molar-refractivity contribution in [3.05, 3.63) is 54.4 Å². The number of hydrogen-bond donors (Lipinski definition) is 2. The largest absolute Gasteiger partial charge is 0.324 e. The molecule has 1 aliphatic heterocycles. The molecule has 2 heterocycles. The van der Waals surface area contributed by atoms with E-state index in [0.717, 1.165) is 24.1 Å². The molecular formula is C20H22N4O2. The maximum atomic E-state index is 12.5. The minimum atomic E-state index is -0.0935. The van der Waals surface area contributed by atoms with Crippen molar-refractivity contribution in [1.29, 1.82) is 0 Å². The van der Waals surface area contributed by atoms with Gasteiger partial charge >= 0.3 is 6.03 Å². The third-order valence-corrected chi connectivity index (χ3v) is 5.41. The normalized spacial score (nSPS) is 23.7. The van der Waals surface area contributed by atoms with E-state index >= 15 is 0 Å². The molecule has 2 aliphatic rings. The van der Waals surface area contributed by atoms with Crippen molar-refractivity contribution in [2.45, 2.75) is 19.8 Å². The Labute approximate surface area is 152 Å². The molecular weight excluding hydrogens is 328 g/mol. The van der Waals surface area contributed by atoms with Crippen LogP contribution in [-0.2, 0) is 4.79 Å². The lowest BCUT2D eigenvalue weighted by atomic mass is 10.0. The summed E-state index contributed by atoms with van der Waals surface area (Å²) in [5.41, 5.74) is 2.61. The molecule has 0 radical (unpaired) electrons. The molecule has 2 atom stereocenters. The summed E-state index contributed by atoms with van der Waals surface area (Å²) in [6, 6.07) is 11.3. The number of urea groups is 1. The van der Waals surface area contributed by atoms with Gasteiger partial charge in [0.15, 0.2) is 0 Å². The third kappa shape index (κ3) is 3.27. The summed E-state index contributed by atoms with van der Waals surface area (Å²) in [4.78, 5) is 30.8. The van der Waals surface area contributed by atoms with Gasteiger partial charge in [0, 0.05) is 36.3 Å². The topological polar surface area (TPSA) is 74.3 Å². The number of aromatic nitrogens is 1. The highest BCUT2D eigenvalue weighted by molar-refractivity contribution is 5.95. The van der Waals surface area contributed by atoms with E-state index in [1.165, 1.54) is 0 Å². The number of nitrogens with one attached hydrogen (secondary N) is 2. The first-order valence-electron chi connectivity index (χ1n) is 8.89. The highest BCUT2D eigenvalue weighted by atomic mass is 16.2. The van der Waals surface area contributed by atoms with Crippen LogP contribution in [0.4, 0.5) is 16.2 Å². The second-order valence-electron chi connectivity index (χ2n) is 7.32. The Morgan fingerprint density at radius 2 is 1.96 bits per heavy atom. The molecule has 2 aromatic rings. The number of carbonyl (C=O) groups is 2. The highest BCUT2D eigenvalue weighted by Gasteiger charge is 2.61. The standard InChI is InChI=1S/C20H22N4O2/c1-14-4-6-15(7-5-14)23-19(26)24-10-8-20(13-24)11-17(20)18(25)22-16-3-2-9-21-12-16/h2-7,9,12,17H,8,10-11,13H2,1H3,(H,22,25)(H,23,26)/t17-,20-/m0/s1. The fraction of sp³-hybridized carbons (Fsp3) is 0.350. The number of pyridine rings is 1. The number of hydrogen-bond acceptors (Lipinski definition) is 3. The smallest absolute Gasteiger partial charge is 0.321 e. The number of carbonyl (C=O) groups excluding carboxylic acids is 2. The van der Waals surface area contributed by atoms with Gasteiger partial charge in [-0.25, -0.2) is 4.79 Å². The van der Waals surface area contributed by atoms with Crippen molar-refractivity contribution in [1.82, 2.24) is 9.88 Å². The quantitative estimate of drug-likeness (QED) is 0.892. The van der Waals surface area contributed by atoms with E-state index in [0.29, 0.717) is 18.8 Å². The van der Waals surface area contributed by atoms with Gasteiger partial charge in [-0.1, -0.05) is 17.7 Å². The summed E-state index contributed by atoms with van der Waals surface area (Å²) in [6.07, 6.45) is 5.03. The number of rotatable bonds is 3. The molecule has 26 heavy (non-hydrogen) atoms. The van der Waals surface area contributed by atoms with Crippen LogP contribution in [0, 0.1) is 18.3 Å². The van der Waals surface area contributed by atoms with E-state index in [1.807, 2.05) is 42.2 Å². The molecule has 1 aromatic heterocycles. The lowest BCUT2D eigenvalue weighted by Crippen LogP contribution is -2.33. The average molecular weight is 350 g/mol. The average Bonchev–Trinajstić information content (AvgIpc) is 3.18. The Balaban J connectivity index is 1.33. The van der Waals surface area contributed by atoms with Gasteiger partial charge in [0.05, 0.1) is 11.9 Å². The molecule has 0 bridgehead atoms. The van der Waals surface area contributed by atoms with Gasteiger partial charge in [0.2, 0.25) is 5.91 Å². The predicted molar refractivity (Wildman–Crippen MR) is 99.8 cm³/mol. The van der Waals surface area contributed by atoms with Crippen LogP contribution in [0.3, 0.4) is 0 Å². The van der Waals surface area contributed by atoms with Gasteiger partial charge in [-0.2, -0.15) is 0 Å². The van der Waals surface area contributed by atoms with E-state index < -0.39 is 0 Å². The Kier molecular flexibility index (Phi) is 4.11.